The van der Waals surface area contributed by atoms with Gasteiger partial charge in [0.2, 0.25) is 11.8 Å². The third kappa shape index (κ3) is 6.12. The highest BCUT2D eigenvalue weighted by atomic mass is 35.5. The number of likely N-dealkylation sites (N-methyl/N-ethyl adjacent to an activating group) is 1. The Morgan fingerprint density at radius 1 is 1.06 bits per heavy atom. The Balaban J connectivity index is 1.40. The number of pyridine rings is 1. The molecule has 8 heteroatoms. The van der Waals surface area contributed by atoms with Crippen molar-refractivity contribution in [1.29, 1.82) is 0 Å². The fraction of sp³-hybridized carbons (Fsp3) is 0.269. The van der Waals surface area contributed by atoms with Crippen molar-refractivity contribution < 1.29 is 9.59 Å². The highest BCUT2D eigenvalue weighted by Crippen LogP contribution is 2.19. The van der Waals surface area contributed by atoms with Crippen molar-refractivity contribution in [3.63, 3.8) is 0 Å². The Hall–Kier alpha value is -3.42. The van der Waals surface area contributed by atoms with E-state index in [-0.39, 0.29) is 11.8 Å². The molecule has 3 aromatic rings. The van der Waals surface area contributed by atoms with Gasteiger partial charge in [-0.05, 0) is 41.8 Å². The molecular weight excluding hydrogens is 450 g/mol. The molecule has 2 aromatic carbocycles. The summed E-state index contributed by atoms with van der Waals surface area (Å²) in [5, 5.41) is 6.99. The third-order valence-electron chi connectivity index (χ3n) is 5.89. The first-order valence-corrected chi connectivity index (χ1v) is 11.7. The average Bonchev–Trinajstić information content (AvgIpc) is 2.85. The zero-order valence-electron chi connectivity index (χ0n) is 19.1. The van der Waals surface area contributed by atoms with Crippen molar-refractivity contribution in [3.05, 3.63) is 89.1 Å². The Bertz CT molecular complexity index is 1110. The van der Waals surface area contributed by atoms with Gasteiger partial charge >= 0.3 is 0 Å². The number of anilines is 2. The standard InChI is InChI=1S/C26H28ClN5O2/c1-31-15-16-32(18-24(31)33)22-11-12-23(29-17-22)30-26(34)25(20-5-3-2-4-6-20)28-14-13-19-7-9-21(27)10-8-19/h2-12,17,25,28H,13-16,18H2,1H3,(H,29,30,34). The van der Waals surface area contributed by atoms with Crippen molar-refractivity contribution in [3.8, 4) is 0 Å². The van der Waals surface area contributed by atoms with Crippen LogP contribution in [0.3, 0.4) is 0 Å². The molecule has 1 fully saturated rings. The molecule has 176 valence electrons. The quantitative estimate of drug-likeness (QED) is 0.519. The van der Waals surface area contributed by atoms with E-state index in [0.29, 0.717) is 30.5 Å². The van der Waals surface area contributed by atoms with E-state index in [9.17, 15) is 9.59 Å². The fourth-order valence-electron chi connectivity index (χ4n) is 3.84. The number of amides is 2. The number of hydrogen-bond donors (Lipinski definition) is 2. The number of halogens is 1. The average molecular weight is 478 g/mol. The number of rotatable bonds is 8. The summed E-state index contributed by atoms with van der Waals surface area (Å²) in [4.78, 5) is 33.3. The van der Waals surface area contributed by atoms with Gasteiger partial charge in [-0.1, -0.05) is 54.1 Å². The van der Waals surface area contributed by atoms with E-state index in [2.05, 4.69) is 15.6 Å². The number of benzene rings is 2. The minimum atomic E-state index is -0.523. The monoisotopic (exact) mass is 477 g/mol. The molecule has 2 amide bonds. The minimum Gasteiger partial charge on any atom is -0.359 e. The van der Waals surface area contributed by atoms with Gasteiger partial charge in [0.15, 0.2) is 0 Å². The lowest BCUT2D eigenvalue weighted by molar-refractivity contribution is -0.129. The predicted molar refractivity (Wildman–Crippen MR) is 135 cm³/mol. The van der Waals surface area contributed by atoms with E-state index in [1.165, 1.54) is 0 Å². The molecule has 1 aliphatic heterocycles. The Morgan fingerprint density at radius 2 is 1.82 bits per heavy atom. The zero-order chi connectivity index (χ0) is 23.9. The molecule has 34 heavy (non-hydrogen) atoms. The summed E-state index contributed by atoms with van der Waals surface area (Å²) in [6.45, 7) is 2.39. The van der Waals surface area contributed by atoms with Gasteiger partial charge in [-0.15, -0.1) is 0 Å². The molecule has 0 spiro atoms. The topological polar surface area (TPSA) is 77.6 Å². The maximum atomic E-state index is 13.2. The zero-order valence-corrected chi connectivity index (χ0v) is 19.8. The van der Waals surface area contributed by atoms with Crippen LogP contribution in [0.4, 0.5) is 11.5 Å². The van der Waals surface area contributed by atoms with Gasteiger partial charge in [0.05, 0.1) is 18.4 Å². The van der Waals surface area contributed by atoms with Gasteiger partial charge in [0.25, 0.3) is 0 Å². The molecule has 1 aromatic heterocycles. The third-order valence-corrected chi connectivity index (χ3v) is 6.14. The summed E-state index contributed by atoms with van der Waals surface area (Å²) in [6, 6.07) is 20.5. The summed E-state index contributed by atoms with van der Waals surface area (Å²) >= 11 is 5.97. The maximum absolute atomic E-state index is 13.2. The molecular formula is C26H28ClN5O2. The first-order valence-electron chi connectivity index (χ1n) is 11.3. The highest BCUT2D eigenvalue weighted by molar-refractivity contribution is 6.30. The molecule has 1 unspecified atom stereocenters. The predicted octanol–water partition coefficient (Wildman–Crippen LogP) is 3.53. The van der Waals surface area contributed by atoms with Crippen LogP contribution < -0.4 is 15.5 Å². The SMILES string of the molecule is CN1CCN(c2ccc(NC(=O)C(NCCc3ccc(Cl)cc3)c3ccccc3)nc2)CC1=O. The van der Waals surface area contributed by atoms with Crippen molar-refractivity contribution in [2.45, 2.75) is 12.5 Å². The van der Waals surface area contributed by atoms with Gasteiger partial charge in [-0.3, -0.25) is 9.59 Å². The molecule has 0 saturated carbocycles. The van der Waals surface area contributed by atoms with Crippen LogP contribution in [0.5, 0.6) is 0 Å². The van der Waals surface area contributed by atoms with E-state index in [4.69, 9.17) is 11.6 Å². The van der Waals surface area contributed by atoms with Crippen LogP contribution in [-0.2, 0) is 16.0 Å². The second kappa shape index (κ2) is 11.1. The lowest BCUT2D eigenvalue weighted by atomic mass is 10.1. The van der Waals surface area contributed by atoms with Gasteiger partial charge in [-0.25, -0.2) is 4.98 Å². The van der Waals surface area contributed by atoms with Crippen LogP contribution in [0.2, 0.25) is 5.02 Å². The molecule has 7 nitrogen and oxygen atoms in total. The van der Waals surface area contributed by atoms with E-state index in [1.807, 2.05) is 72.6 Å². The second-order valence-corrected chi connectivity index (χ2v) is 8.74. The normalized spacial score (nSPS) is 14.7. The largest absolute Gasteiger partial charge is 0.359 e. The van der Waals surface area contributed by atoms with Crippen LogP contribution in [0.15, 0.2) is 72.9 Å². The van der Waals surface area contributed by atoms with Crippen molar-refractivity contribution in [2.75, 3.05) is 43.4 Å². The number of aromatic nitrogens is 1. The minimum absolute atomic E-state index is 0.0824. The number of carbonyl (C=O) groups excluding carboxylic acids is 2. The van der Waals surface area contributed by atoms with E-state index in [1.54, 1.807) is 17.2 Å². The van der Waals surface area contributed by atoms with Crippen LogP contribution in [-0.4, -0.2) is 54.9 Å². The van der Waals surface area contributed by atoms with Crippen LogP contribution in [0, 0.1) is 0 Å². The van der Waals surface area contributed by atoms with E-state index in [0.717, 1.165) is 29.8 Å². The molecule has 1 aliphatic rings. The van der Waals surface area contributed by atoms with Crippen LogP contribution >= 0.6 is 11.6 Å². The van der Waals surface area contributed by atoms with Gasteiger partial charge in [-0.2, -0.15) is 0 Å². The fourth-order valence-corrected chi connectivity index (χ4v) is 3.97. The summed E-state index contributed by atoms with van der Waals surface area (Å²) < 4.78 is 0. The number of hydrogen-bond acceptors (Lipinski definition) is 5. The lowest BCUT2D eigenvalue weighted by Gasteiger charge is -2.33. The van der Waals surface area contributed by atoms with E-state index >= 15 is 0 Å². The lowest BCUT2D eigenvalue weighted by Crippen LogP contribution is -2.48. The maximum Gasteiger partial charge on any atom is 0.247 e. The molecule has 0 bridgehead atoms. The van der Waals surface area contributed by atoms with Gasteiger partial charge in [0, 0.05) is 31.7 Å². The molecule has 2 N–H and O–H groups in total. The van der Waals surface area contributed by atoms with Crippen molar-refractivity contribution >= 4 is 34.9 Å². The van der Waals surface area contributed by atoms with Crippen molar-refractivity contribution in [1.82, 2.24) is 15.2 Å². The van der Waals surface area contributed by atoms with Gasteiger partial charge < -0.3 is 20.4 Å². The molecule has 0 radical (unpaired) electrons. The van der Waals surface area contributed by atoms with Crippen molar-refractivity contribution in [2.24, 2.45) is 0 Å². The number of piperazine rings is 1. The molecule has 4 rings (SSSR count). The Labute approximate surface area is 204 Å². The first kappa shape index (κ1) is 23.7. The first-order chi connectivity index (χ1) is 16.5. The van der Waals surface area contributed by atoms with Crippen LogP contribution in [0.1, 0.15) is 17.2 Å². The number of nitrogens with zero attached hydrogens (tertiary/aromatic N) is 3. The molecule has 1 atom stereocenters. The smallest absolute Gasteiger partial charge is 0.247 e. The number of carbonyl (C=O) groups is 2. The second-order valence-electron chi connectivity index (χ2n) is 8.30. The Kier molecular flexibility index (Phi) is 7.77. The molecule has 1 saturated heterocycles. The Morgan fingerprint density at radius 3 is 2.50 bits per heavy atom. The van der Waals surface area contributed by atoms with E-state index < -0.39 is 6.04 Å². The molecule has 2 heterocycles. The summed E-state index contributed by atoms with van der Waals surface area (Å²) in [7, 11) is 1.81. The summed E-state index contributed by atoms with van der Waals surface area (Å²) in [5.74, 6) is 0.367. The summed E-state index contributed by atoms with van der Waals surface area (Å²) in [5.41, 5.74) is 2.88. The number of nitrogens with one attached hydrogen (secondary N) is 2. The van der Waals surface area contributed by atoms with Crippen LogP contribution in [0.25, 0.3) is 0 Å². The van der Waals surface area contributed by atoms with Gasteiger partial charge in [0.1, 0.15) is 11.9 Å². The molecule has 0 aliphatic carbocycles. The summed E-state index contributed by atoms with van der Waals surface area (Å²) in [6.07, 6.45) is 2.46. The highest BCUT2D eigenvalue weighted by Gasteiger charge is 2.22.